The van der Waals surface area contributed by atoms with Gasteiger partial charge in [-0.2, -0.15) is 0 Å². The molecule has 1 amide bonds. The Hall–Kier alpha value is -2.21. The lowest BCUT2D eigenvalue weighted by molar-refractivity contribution is -0.167. The Morgan fingerprint density at radius 3 is 2.28 bits per heavy atom. The number of benzene rings is 2. The number of hydrogen-bond donors (Lipinski definition) is 0. The first-order valence-electron chi connectivity index (χ1n) is 11.8. The van der Waals surface area contributed by atoms with Gasteiger partial charge in [0.2, 0.25) is 5.91 Å². The van der Waals surface area contributed by atoms with E-state index in [1.807, 2.05) is 0 Å². The fourth-order valence-corrected chi connectivity index (χ4v) is 4.43. The van der Waals surface area contributed by atoms with E-state index >= 15 is 0 Å². The van der Waals surface area contributed by atoms with Crippen molar-refractivity contribution in [1.29, 1.82) is 0 Å². The first-order chi connectivity index (χ1) is 15.5. The van der Waals surface area contributed by atoms with Gasteiger partial charge in [0.1, 0.15) is 0 Å². The molecule has 1 saturated heterocycles. The van der Waals surface area contributed by atoms with Crippen molar-refractivity contribution in [1.82, 2.24) is 9.96 Å². The van der Waals surface area contributed by atoms with Gasteiger partial charge in [-0.25, -0.2) is 5.06 Å². The molecule has 5 nitrogen and oxygen atoms in total. The summed E-state index contributed by atoms with van der Waals surface area (Å²) in [6, 6.07) is 19.2. The monoisotopic (exact) mass is 438 g/mol. The van der Waals surface area contributed by atoms with Gasteiger partial charge in [-0.1, -0.05) is 54.6 Å². The minimum absolute atomic E-state index is 0.0441. The molecule has 1 heterocycles. The van der Waals surface area contributed by atoms with Gasteiger partial charge in [0, 0.05) is 20.2 Å². The Balaban J connectivity index is 1.52. The number of piperidine rings is 1. The summed E-state index contributed by atoms with van der Waals surface area (Å²) in [6.45, 7) is 6.89. The highest BCUT2D eigenvalue weighted by Crippen LogP contribution is 2.37. The van der Waals surface area contributed by atoms with Crippen LogP contribution in [0.2, 0.25) is 0 Å². The molecule has 2 aromatic rings. The molecule has 174 valence electrons. The third kappa shape index (κ3) is 7.16. The molecule has 0 aromatic heterocycles. The summed E-state index contributed by atoms with van der Waals surface area (Å²) in [6.07, 6.45) is 5.01. The van der Waals surface area contributed by atoms with Gasteiger partial charge in [0.05, 0.1) is 20.1 Å². The third-order valence-electron chi connectivity index (χ3n) is 6.73. The molecule has 2 aromatic carbocycles. The van der Waals surface area contributed by atoms with Crippen molar-refractivity contribution in [3.8, 4) is 0 Å². The van der Waals surface area contributed by atoms with Crippen LogP contribution < -0.4 is 0 Å². The predicted octanol–water partition coefficient (Wildman–Crippen LogP) is 4.50. The average molecular weight is 439 g/mol. The molecule has 0 radical (unpaired) electrons. The lowest BCUT2D eigenvalue weighted by Crippen LogP contribution is -2.42. The predicted molar refractivity (Wildman–Crippen MR) is 128 cm³/mol. The topological polar surface area (TPSA) is 42.0 Å². The summed E-state index contributed by atoms with van der Waals surface area (Å²) in [7, 11) is 3.14. The summed E-state index contributed by atoms with van der Waals surface area (Å²) < 4.78 is 5.93. The Labute approximate surface area is 193 Å². The fourth-order valence-electron chi connectivity index (χ4n) is 4.43. The Kier molecular flexibility index (Phi) is 9.27. The molecule has 1 aliphatic heterocycles. The molecule has 1 aliphatic rings. The van der Waals surface area contributed by atoms with Crippen molar-refractivity contribution in [2.24, 2.45) is 5.41 Å². The number of hydroxylamine groups is 2. The number of carbonyl (C=O) groups excluding carboxylic acids is 1. The lowest BCUT2D eigenvalue weighted by atomic mass is 9.74. The quantitative estimate of drug-likeness (QED) is 0.485. The van der Waals surface area contributed by atoms with Gasteiger partial charge in [0.25, 0.3) is 0 Å². The van der Waals surface area contributed by atoms with Crippen LogP contribution in [0.1, 0.15) is 42.9 Å². The van der Waals surface area contributed by atoms with E-state index in [1.54, 1.807) is 7.05 Å². The molecule has 32 heavy (non-hydrogen) atoms. The van der Waals surface area contributed by atoms with E-state index in [1.165, 1.54) is 42.6 Å². The summed E-state index contributed by atoms with van der Waals surface area (Å²) in [4.78, 5) is 19.5. The van der Waals surface area contributed by atoms with Crippen LogP contribution in [0.4, 0.5) is 0 Å². The van der Waals surface area contributed by atoms with Gasteiger partial charge < -0.3 is 4.74 Å². The van der Waals surface area contributed by atoms with Gasteiger partial charge in [0.15, 0.2) is 0 Å². The highest BCUT2D eigenvalue weighted by atomic mass is 16.7. The third-order valence-corrected chi connectivity index (χ3v) is 6.73. The normalized spacial score (nSPS) is 16.1. The Bertz CT molecular complexity index is 815. The molecule has 5 heteroatoms. The van der Waals surface area contributed by atoms with E-state index in [0.717, 1.165) is 44.8 Å². The van der Waals surface area contributed by atoms with Crippen molar-refractivity contribution in [2.45, 2.75) is 45.6 Å². The van der Waals surface area contributed by atoms with Gasteiger partial charge in [-0.15, -0.1) is 0 Å². The fraction of sp³-hybridized carbons (Fsp3) is 0.519. The number of likely N-dealkylation sites (tertiary alicyclic amines) is 1. The number of amides is 1. The lowest BCUT2D eigenvalue weighted by Gasteiger charge is -2.42. The first kappa shape index (κ1) is 24.4. The van der Waals surface area contributed by atoms with Gasteiger partial charge in [-0.05, 0) is 67.8 Å². The molecular weight excluding hydrogens is 400 g/mol. The maximum atomic E-state index is 12.0. The van der Waals surface area contributed by atoms with E-state index in [4.69, 9.17) is 9.57 Å². The number of aryl methyl sites for hydroxylation is 1. The standard InChI is InChI=1S/C27H38N2O3/c1-4-32-22-27(15-14-23-8-6-5-7-9-23)16-18-29(19-17-27)21-25-12-10-24(11-13-25)20-26(30)28(2)31-3/h5-13H,4,14-22H2,1-3H3. The van der Waals surface area contributed by atoms with Crippen LogP contribution in [-0.2, 0) is 33.8 Å². The van der Waals surface area contributed by atoms with Crippen LogP contribution in [0.25, 0.3) is 0 Å². The van der Waals surface area contributed by atoms with Crippen molar-refractivity contribution in [3.63, 3.8) is 0 Å². The second-order valence-corrected chi connectivity index (χ2v) is 8.97. The molecule has 3 rings (SSSR count). The van der Waals surface area contributed by atoms with Crippen LogP contribution in [0.5, 0.6) is 0 Å². The van der Waals surface area contributed by atoms with Crippen LogP contribution in [0.3, 0.4) is 0 Å². The summed E-state index contributed by atoms with van der Waals surface area (Å²) >= 11 is 0. The van der Waals surface area contributed by atoms with E-state index in [-0.39, 0.29) is 11.3 Å². The van der Waals surface area contributed by atoms with Gasteiger partial charge in [-0.3, -0.25) is 14.5 Å². The molecule has 0 aliphatic carbocycles. The van der Waals surface area contributed by atoms with Crippen molar-refractivity contribution in [2.75, 3.05) is 40.5 Å². The highest BCUT2D eigenvalue weighted by molar-refractivity contribution is 5.77. The molecular formula is C27H38N2O3. The molecule has 1 fully saturated rings. The second-order valence-electron chi connectivity index (χ2n) is 8.97. The number of likely N-dealkylation sites (N-methyl/N-ethyl adjacent to an activating group) is 1. The van der Waals surface area contributed by atoms with Crippen LogP contribution in [0, 0.1) is 5.41 Å². The van der Waals surface area contributed by atoms with Crippen molar-refractivity contribution < 1.29 is 14.4 Å². The molecule has 0 N–H and O–H groups in total. The van der Waals surface area contributed by atoms with E-state index in [9.17, 15) is 4.79 Å². The van der Waals surface area contributed by atoms with Crippen LogP contribution >= 0.6 is 0 Å². The summed E-state index contributed by atoms with van der Waals surface area (Å²) in [5.74, 6) is -0.0441. The molecule has 0 atom stereocenters. The largest absolute Gasteiger partial charge is 0.381 e. The van der Waals surface area contributed by atoms with Crippen molar-refractivity contribution >= 4 is 5.91 Å². The Morgan fingerprint density at radius 2 is 1.66 bits per heavy atom. The van der Waals surface area contributed by atoms with Crippen LogP contribution in [-0.4, -0.2) is 56.3 Å². The number of carbonyl (C=O) groups is 1. The maximum Gasteiger partial charge on any atom is 0.250 e. The highest BCUT2D eigenvalue weighted by Gasteiger charge is 2.34. The number of rotatable bonds is 11. The zero-order valence-corrected chi connectivity index (χ0v) is 19.9. The SMILES string of the molecule is CCOCC1(CCc2ccccc2)CCN(Cc2ccc(CC(=O)N(C)OC)cc2)CC1. The van der Waals surface area contributed by atoms with Gasteiger partial charge >= 0.3 is 0 Å². The zero-order chi connectivity index (χ0) is 22.8. The summed E-state index contributed by atoms with van der Waals surface area (Å²) in [5, 5.41) is 1.27. The zero-order valence-electron chi connectivity index (χ0n) is 19.9. The molecule has 0 spiro atoms. The molecule has 0 bridgehead atoms. The minimum atomic E-state index is -0.0441. The number of nitrogens with zero attached hydrogens (tertiary/aromatic N) is 2. The molecule has 0 unspecified atom stereocenters. The Morgan fingerprint density at radius 1 is 1.00 bits per heavy atom. The van der Waals surface area contributed by atoms with Crippen molar-refractivity contribution in [3.05, 3.63) is 71.3 Å². The van der Waals surface area contributed by atoms with E-state index in [0.29, 0.717) is 6.42 Å². The molecule has 0 saturated carbocycles. The summed E-state index contributed by atoms with van der Waals surface area (Å²) in [5.41, 5.74) is 4.00. The maximum absolute atomic E-state index is 12.0. The van der Waals surface area contributed by atoms with E-state index < -0.39 is 0 Å². The smallest absolute Gasteiger partial charge is 0.250 e. The first-order valence-corrected chi connectivity index (χ1v) is 11.8. The number of ether oxygens (including phenoxy) is 1. The van der Waals surface area contributed by atoms with Crippen LogP contribution in [0.15, 0.2) is 54.6 Å². The number of hydrogen-bond acceptors (Lipinski definition) is 4. The van der Waals surface area contributed by atoms with E-state index in [2.05, 4.69) is 66.4 Å². The average Bonchev–Trinajstić information content (AvgIpc) is 2.84. The minimum Gasteiger partial charge on any atom is -0.381 e. The second kappa shape index (κ2) is 12.1.